The van der Waals surface area contributed by atoms with Gasteiger partial charge in [0.2, 0.25) is 0 Å². The van der Waals surface area contributed by atoms with Crippen LogP contribution in [0.2, 0.25) is 0 Å². The summed E-state index contributed by atoms with van der Waals surface area (Å²) in [6.07, 6.45) is 3.27. The molecule has 0 saturated carbocycles. The van der Waals surface area contributed by atoms with E-state index in [1.807, 2.05) is 0 Å². The first-order chi connectivity index (χ1) is 12.9. The van der Waals surface area contributed by atoms with Gasteiger partial charge in [0.1, 0.15) is 11.6 Å². The first kappa shape index (κ1) is 19.0. The highest BCUT2D eigenvalue weighted by Gasteiger charge is 2.10. The summed E-state index contributed by atoms with van der Waals surface area (Å²) in [6.45, 7) is 1.57. The summed E-state index contributed by atoms with van der Waals surface area (Å²) in [6, 6.07) is 8.98. The summed E-state index contributed by atoms with van der Waals surface area (Å²) >= 11 is 3.14. The van der Waals surface area contributed by atoms with Gasteiger partial charge in [-0.1, -0.05) is 22.0 Å². The maximum absolute atomic E-state index is 14.3. The SMILES string of the molecule is Cc1nccn1-c1ccc(CNC(=O)COc2ccc(Br)cc2F)cc1F. The lowest BCUT2D eigenvalue weighted by Gasteiger charge is -2.10. The van der Waals surface area contributed by atoms with E-state index < -0.39 is 17.5 Å². The summed E-state index contributed by atoms with van der Waals surface area (Å²) in [5, 5.41) is 2.61. The average molecular weight is 436 g/mol. The van der Waals surface area contributed by atoms with E-state index >= 15 is 0 Å². The van der Waals surface area contributed by atoms with Crippen LogP contribution in [0.5, 0.6) is 5.75 Å². The zero-order valence-corrected chi connectivity index (χ0v) is 16.0. The Kier molecular flexibility index (Phi) is 5.85. The lowest BCUT2D eigenvalue weighted by molar-refractivity contribution is -0.123. The molecule has 1 heterocycles. The number of aryl methyl sites for hydroxylation is 1. The zero-order chi connectivity index (χ0) is 19.4. The van der Waals surface area contributed by atoms with Crippen LogP contribution in [0.1, 0.15) is 11.4 Å². The molecule has 3 aromatic rings. The molecule has 0 spiro atoms. The van der Waals surface area contributed by atoms with E-state index in [4.69, 9.17) is 4.74 Å². The highest BCUT2D eigenvalue weighted by atomic mass is 79.9. The number of rotatable bonds is 6. The molecule has 2 aromatic carbocycles. The molecule has 1 N–H and O–H groups in total. The van der Waals surface area contributed by atoms with Crippen molar-refractivity contribution in [2.24, 2.45) is 0 Å². The molecule has 1 aromatic heterocycles. The molecular formula is C19H16BrF2N3O2. The summed E-state index contributed by atoms with van der Waals surface area (Å²) in [4.78, 5) is 15.9. The fourth-order valence-electron chi connectivity index (χ4n) is 2.48. The quantitative estimate of drug-likeness (QED) is 0.638. The Morgan fingerprint density at radius 3 is 2.70 bits per heavy atom. The van der Waals surface area contributed by atoms with E-state index in [0.717, 1.165) is 0 Å². The monoisotopic (exact) mass is 435 g/mol. The van der Waals surface area contributed by atoms with E-state index in [9.17, 15) is 13.6 Å². The van der Waals surface area contributed by atoms with Crippen molar-refractivity contribution in [1.82, 2.24) is 14.9 Å². The number of carbonyl (C=O) groups is 1. The van der Waals surface area contributed by atoms with Crippen LogP contribution in [-0.2, 0) is 11.3 Å². The average Bonchev–Trinajstić information content (AvgIpc) is 3.05. The highest BCUT2D eigenvalue weighted by molar-refractivity contribution is 9.10. The van der Waals surface area contributed by atoms with E-state index in [0.29, 0.717) is 21.5 Å². The van der Waals surface area contributed by atoms with Crippen molar-refractivity contribution >= 4 is 21.8 Å². The number of amides is 1. The highest BCUT2D eigenvalue weighted by Crippen LogP contribution is 2.21. The van der Waals surface area contributed by atoms with Gasteiger partial charge in [-0.15, -0.1) is 0 Å². The molecule has 0 radical (unpaired) electrons. The molecule has 140 valence electrons. The van der Waals surface area contributed by atoms with Crippen molar-refractivity contribution in [3.8, 4) is 11.4 Å². The minimum atomic E-state index is -0.565. The maximum Gasteiger partial charge on any atom is 0.258 e. The van der Waals surface area contributed by atoms with Crippen molar-refractivity contribution in [1.29, 1.82) is 0 Å². The number of aromatic nitrogens is 2. The zero-order valence-electron chi connectivity index (χ0n) is 14.4. The second-order valence-electron chi connectivity index (χ2n) is 5.77. The number of nitrogens with one attached hydrogen (secondary N) is 1. The van der Waals surface area contributed by atoms with Gasteiger partial charge in [0.25, 0.3) is 5.91 Å². The third kappa shape index (κ3) is 4.71. The molecular weight excluding hydrogens is 420 g/mol. The van der Waals surface area contributed by atoms with Gasteiger partial charge in [-0.3, -0.25) is 4.79 Å². The van der Waals surface area contributed by atoms with Crippen LogP contribution in [0, 0.1) is 18.6 Å². The summed E-state index contributed by atoms with van der Waals surface area (Å²) < 4.78 is 35.3. The van der Waals surface area contributed by atoms with Crippen molar-refractivity contribution in [3.05, 3.63) is 76.3 Å². The number of carbonyl (C=O) groups excluding carboxylic acids is 1. The molecule has 0 aliphatic carbocycles. The first-order valence-electron chi connectivity index (χ1n) is 8.07. The van der Waals surface area contributed by atoms with E-state index in [2.05, 4.69) is 26.2 Å². The van der Waals surface area contributed by atoms with Crippen molar-refractivity contribution in [3.63, 3.8) is 0 Å². The van der Waals surface area contributed by atoms with Crippen LogP contribution < -0.4 is 10.1 Å². The van der Waals surface area contributed by atoms with Crippen LogP contribution in [0.25, 0.3) is 5.69 Å². The van der Waals surface area contributed by atoms with Gasteiger partial charge in [-0.05, 0) is 42.8 Å². The van der Waals surface area contributed by atoms with Gasteiger partial charge in [-0.25, -0.2) is 13.8 Å². The van der Waals surface area contributed by atoms with Crippen molar-refractivity contribution in [2.75, 3.05) is 6.61 Å². The molecule has 0 saturated heterocycles. The Hall–Kier alpha value is -2.74. The minimum Gasteiger partial charge on any atom is -0.481 e. The molecule has 8 heteroatoms. The second-order valence-corrected chi connectivity index (χ2v) is 6.69. The summed E-state index contributed by atoms with van der Waals surface area (Å²) in [7, 11) is 0. The van der Waals surface area contributed by atoms with E-state index in [1.54, 1.807) is 42.1 Å². The normalized spacial score (nSPS) is 10.7. The molecule has 27 heavy (non-hydrogen) atoms. The van der Waals surface area contributed by atoms with Gasteiger partial charge in [0.05, 0.1) is 5.69 Å². The lowest BCUT2D eigenvalue weighted by Crippen LogP contribution is -2.28. The van der Waals surface area contributed by atoms with Crippen molar-refractivity contribution < 1.29 is 18.3 Å². The van der Waals surface area contributed by atoms with Crippen LogP contribution in [-0.4, -0.2) is 22.1 Å². The number of imidazole rings is 1. The molecule has 0 aliphatic heterocycles. The number of nitrogens with zero attached hydrogens (tertiary/aromatic N) is 2. The summed E-state index contributed by atoms with van der Waals surface area (Å²) in [5.74, 6) is -0.764. The fraction of sp³-hybridized carbons (Fsp3) is 0.158. The van der Waals surface area contributed by atoms with Crippen LogP contribution in [0.3, 0.4) is 0 Å². The van der Waals surface area contributed by atoms with E-state index in [-0.39, 0.29) is 18.9 Å². The number of benzene rings is 2. The third-order valence-electron chi connectivity index (χ3n) is 3.84. The Morgan fingerprint density at radius 2 is 2.04 bits per heavy atom. The van der Waals surface area contributed by atoms with Crippen LogP contribution in [0.15, 0.2) is 53.3 Å². The molecule has 0 bridgehead atoms. The molecule has 0 fully saturated rings. The topological polar surface area (TPSA) is 56.2 Å². The molecule has 0 aliphatic rings. The van der Waals surface area contributed by atoms with Gasteiger partial charge in [0, 0.05) is 23.4 Å². The number of hydrogen-bond acceptors (Lipinski definition) is 3. The molecule has 0 atom stereocenters. The number of halogens is 3. The molecule has 0 unspecified atom stereocenters. The lowest BCUT2D eigenvalue weighted by atomic mass is 10.2. The van der Waals surface area contributed by atoms with Gasteiger partial charge >= 0.3 is 0 Å². The molecule has 3 rings (SSSR count). The first-order valence-corrected chi connectivity index (χ1v) is 8.86. The number of ether oxygens (including phenoxy) is 1. The maximum atomic E-state index is 14.3. The molecule has 5 nitrogen and oxygen atoms in total. The predicted octanol–water partition coefficient (Wildman–Crippen LogP) is 3.92. The fourth-order valence-corrected chi connectivity index (χ4v) is 2.81. The Balaban J connectivity index is 1.56. The Morgan fingerprint density at radius 1 is 1.22 bits per heavy atom. The van der Waals surface area contributed by atoms with Gasteiger partial charge < -0.3 is 14.6 Å². The Labute approximate surface area is 163 Å². The standard InChI is InChI=1S/C19H16BrF2N3O2/c1-12-23-6-7-25(12)17-4-2-13(8-15(17)21)10-24-19(26)11-27-18-5-3-14(20)9-16(18)22/h2-9H,10-11H2,1H3,(H,24,26). The smallest absolute Gasteiger partial charge is 0.258 e. The predicted molar refractivity (Wildman–Crippen MR) is 99.7 cm³/mol. The molecule has 1 amide bonds. The minimum absolute atomic E-state index is 0.0144. The van der Waals surface area contributed by atoms with E-state index in [1.165, 1.54) is 18.2 Å². The number of hydrogen-bond donors (Lipinski definition) is 1. The van der Waals surface area contributed by atoms with Crippen LogP contribution in [0.4, 0.5) is 8.78 Å². The van der Waals surface area contributed by atoms with Crippen LogP contribution >= 0.6 is 15.9 Å². The summed E-state index contributed by atoms with van der Waals surface area (Å²) in [5.41, 5.74) is 0.978. The van der Waals surface area contributed by atoms with Gasteiger partial charge in [0.15, 0.2) is 18.2 Å². The largest absolute Gasteiger partial charge is 0.481 e. The van der Waals surface area contributed by atoms with Crippen molar-refractivity contribution in [2.45, 2.75) is 13.5 Å². The Bertz CT molecular complexity index is 975. The van der Waals surface area contributed by atoms with Gasteiger partial charge in [-0.2, -0.15) is 0 Å². The third-order valence-corrected chi connectivity index (χ3v) is 4.33. The second kappa shape index (κ2) is 8.30.